The van der Waals surface area contributed by atoms with Crippen LogP contribution >= 0.6 is 0 Å². The summed E-state index contributed by atoms with van der Waals surface area (Å²) >= 11 is 0. The van der Waals surface area contributed by atoms with E-state index in [1.54, 1.807) is 13.0 Å². The molecule has 1 aliphatic heterocycles. The molecule has 1 aromatic carbocycles. The molecule has 0 spiro atoms. The van der Waals surface area contributed by atoms with E-state index >= 15 is 0 Å². The number of rotatable bonds is 2. The van der Waals surface area contributed by atoms with Crippen molar-refractivity contribution in [1.29, 1.82) is 0 Å². The number of carboxylic acids is 1. The monoisotopic (exact) mass is 251 g/mol. The number of carboxylic acid groups (broad SMARTS) is 1. The van der Waals surface area contributed by atoms with Crippen LogP contribution in [0.5, 0.6) is 0 Å². The van der Waals surface area contributed by atoms with Crippen molar-refractivity contribution in [3.05, 3.63) is 35.1 Å². The molecule has 5 heteroatoms. The minimum absolute atomic E-state index is 0.00615. The van der Waals surface area contributed by atoms with Gasteiger partial charge in [0.15, 0.2) is 0 Å². The Labute approximate surface area is 104 Å². The molecule has 1 aliphatic rings. The molecule has 1 fully saturated rings. The van der Waals surface area contributed by atoms with Crippen LogP contribution in [0.25, 0.3) is 0 Å². The van der Waals surface area contributed by atoms with E-state index in [0.717, 1.165) is 5.56 Å². The van der Waals surface area contributed by atoms with Crippen LogP contribution in [0.3, 0.4) is 0 Å². The molecule has 96 valence electrons. The van der Waals surface area contributed by atoms with Crippen LogP contribution in [0.4, 0.5) is 4.39 Å². The van der Waals surface area contributed by atoms with Gasteiger partial charge in [-0.25, -0.2) is 4.39 Å². The van der Waals surface area contributed by atoms with Crippen LogP contribution < -0.4 is 0 Å². The van der Waals surface area contributed by atoms with E-state index in [9.17, 15) is 14.0 Å². The molecule has 1 atom stereocenters. The number of aryl methyl sites for hydroxylation is 1. The summed E-state index contributed by atoms with van der Waals surface area (Å²) in [7, 11) is 0. The summed E-state index contributed by atoms with van der Waals surface area (Å²) in [4.78, 5) is 24.2. The van der Waals surface area contributed by atoms with E-state index in [-0.39, 0.29) is 12.1 Å². The third-order valence-electron chi connectivity index (χ3n) is 3.18. The van der Waals surface area contributed by atoms with Crippen molar-refractivity contribution in [2.45, 2.75) is 13.3 Å². The lowest BCUT2D eigenvalue weighted by atomic mass is 10.1. The molecule has 0 bridgehead atoms. The summed E-state index contributed by atoms with van der Waals surface area (Å²) in [5.74, 6) is -2.44. The van der Waals surface area contributed by atoms with Crippen LogP contribution in [-0.2, 0) is 4.79 Å². The molecular weight excluding hydrogens is 237 g/mol. The maximum atomic E-state index is 13.6. The van der Waals surface area contributed by atoms with Crippen molar-refractivity contribution in [1.82, 2.24) is 4.90 Å². The maximum Gasteiger partial charge on any atom is 0.308 e. The van der Waals surface area contributed by atoms with Crippen LogP contribution in [-0.4, -0.2) is 35.0 Å². The summed E-state index contributed by atoms with van der Waals surface area (Å²) in [6.45, 7) is 2.26. The van der Waals surface area contributed by atoms with Crippen molar-refractivity contribution in [3.63, 3.8) is 0 Å². The zero-order valence-electron chi connectivity index (χ0n) is 10.0. The standard InChI is InChI=1S/C13H14FNO3/c1-8-2-3-10(11(14)6-8)12(16)15-5-4-9(7-15)13(17)18/h2-3,6,9H,4-5,7H2,1H3,(H,17,18). The normalized spacial score (nSPS) is 19.0. The number of nitrogens with zero attached hydrogens (tertiary/aromatic N) is 1. The van der Waals surface area contributed by atoms with E-state index in [0.29, 0.717) is 13.0 Å². The number of carbonyl (C=O) groups excluding carboxylic acids is 1. The Hall–Kier alpha value is -1.91. The van der Waals surface area contributed by atoms with Gasteiger partial charge in [0.25, 0.3) is 5.91 Å². The Balaban J connectivity index is 2.15. The first-order valence-electron chi connectivity index (χ1n) is 5.77. The van der Waals surface area contributed by atoms with Gasteiger partial charge in [-0.05, 0) is 31.0 Å². The first-order chi connectivity index (χ1) is 8.49. The SMILES string of the molecule is Cc1ccc(C(=O)N2CCC(C(=O)O)C2)c(F)c1. The number of carbonyl (C=O) groups is 2. The lowest BCUT2D eigenvalue weighted by molar-refractivity contribution is -0.141. The fourth-order valence-electron chi connectivity index (χ4n) is 2.11. The maximum absolute atomic E-state index is 13.6. The van der Waals surface area contributed by atoms with Crippen LogP contribution in [0.15, 0.2) is 18.2 Å². The third kappa shape index (κ3) is 2.34. The first-order valence-corrected chi connectivity index (χ1v) is 5.77. The smallest absolute Gasteiger partial charge is 0.308 e. The molecule has 0 saturated carbocycles. The molecule has 1 N–H and O–H groups in total. The van der Waals surface area contributed by atoms with Crippen molar-refractivity contribution >= 4 is 11.9 Å². The zero-order valence-corrected chi connectivity index (χ0v) is 10.0. The first kappa shape index (κ1) is 12.5. The molecule has 0 aliphatic carbocycles. The number of amides is 1. The van der Waals surface area contributed by atoms with Crippen molar-refractivity contribution in [2.75, 3.05) is 13.1 Å². The van der Waals surface area contributed by atoms with E-state index in [1.807, 2.05) is 0 Å². The second kappa shape index (κ2) is 4.76. The Kier molecular flexibility index (Phi) is 3.32. The summed E-state index contributed by atoms with van der Waals surface area (Å²) in [6.07, 6.45) is 0.425. The van der Waals surface area contributed by atoms with Gasteiger partial charge in [0, 0.05) is 13.1 Å². The van der Waals surface area contributed by atoms with Crippen LogP contribution in [0.2, 0.25) is 0 Å². The largest absolute Gasteiger partial charge is 0.481 e. The fraction of sp³-hybridized carbons (Fsp3) is 0.385. The van der Waals surface area contributed by atoms with Crippen molar-refractivity contribution < 1.29 is 19.1 Å². The number of halogens is 1. The molecule has 1 amide bonds. The highest BCUT2D eigenvalue weighted by Gasteiger charge is 2.32. The molecule has 4 nitrogen and oxygen atoms in total. The third-order valence-corrected chi connectivity index (χ3v) is 3.18. The van der Waals surface area contributed by atoms with Gasteiger partial charge in [-0.3, -0.25) is 9.59 Å². The Morgan fingerprint density at radius 2 is 2.17 bits per heavy atom. The molecule has 0 aromatic heterocycles. The van der Waals surface area contributed by atoms with Crippen molar-refractivity contribution in [3.8, 4) is 0 Å². The second-order valence-corrected chi connectivity index (χ2v) is 4.56. The Bertz CT molecular complexity index is 501. The van der Waals surface area contributed by atoms with Crippen LogP contribution in [0, 0.1) is 18.7 Å². The summed E-state index contributed by atoms with van der Waals surface area (Å²) in [5.41, 5.74) is 0.750. The van der Waals surface area contributed by atoms with E-state index < -0.39 is 23.6 Å². The Morgan fingerprint density at radius 1 is 1.44 bits per heavy atom. The average Bonchev–Trinajstić information content (AvgIpc) is 2.77. The summed E-state index contributed by atoms with van der Waals surface area (Å²) in [5, 5.41) is 8.86. The van der Waals surface area contributed by atoms with Gasteiger partial charge in [0.2, 0.25) is 0 Å². The van der Waals surface area contributed by atoms with E-state index in [4.69, 9.17) is 5.11 Å². The van der Waals surface area contributed by atoms with Gasteiger partial charge in [-0.2, -0.15) is 0 Å². The second-order valence-electron chi connectivity index (χ2n) is 4.56. The molecule has 1 saturated heterocycles. The molecule has 18 heavy (non-hydrogen) atoms. The zero-order chi connectivity index (χ0) is 13.3. The highest BCUT2D eigenvalue weighted by atomic mass is 19.1. The number of aliphatic carboxylic acids is 1. The fourth-order valence-corrected chi connectivity index (χ4v) is 2.11. The number of benzene rings is 1. The van der Waals surface area contributed by atoms with Crippen molar-refractivity contribution in [2.24, 2.45) is 5.92 Å². The minimum Gasteiger partial charge on any atom is -0.481 e. The minimum atomic E-state index is -0.908. The van der Waals surface area contributed by atoms with Crippen LogP contribution in [0.1, 0.15) is 22.3 Å². The molecule has 1 heterocycles. The molecule has 0 radical (unpaired) electrons. The Morgan fingerprint density at radius 3 is 2.72 bits per heavy atom. The number of hydrogen-bond acceptors (Lipinski definition) is 2. The summed E-state index contributed by atoms with van der Waals surface area (Å²) in [6, 6.07) is 4.42. The van der Waals surface area contributed by atoms with Gasteiger partial charge < -0.3 is 10.0 Å². The molecule has 2 rings (SSSR count). The highest BCUT2D eigenvalue weighted by Crippen LogP contribution is 2.20. The number of hydrogen-bond donors (Lipinski definition) is 1. The van der Waals surface area contributed by atoms with E-state index in [1.165, 1.54) is 17.0 Å². The van der Waals surface area contributed by atoms with Gasteiger partial charge in [0.1, 0.15) is 5.82 Å². The van der Waals surface area contributed by atoms with E-state index in [2.05, 4.69) is 0 Å². The predicted octanol–water partition coefficient (Wildman–Crippen LogP) is 1.68. The topological polar surface area (TPSA) is 57.6 Å². The molecular formula is C13H14FNO3. The quantitative estimate of drug-likeness (QED) is 0.870. The van der Waals surface area contributed by atoms with Gasteiger partial charge in [0.05, 0.1) is 11.5 Å². The molecule has 1 unspecified atom stereocenters. The lowest BCUT2D eigenvalue weighted by Gasteiger charge is -2.16. The highest BCUT2D eigenvalue weighted by molar-refractivity contribution is 5.95. The van der Waals surface area contributed by atoms with Gasteiger partial charge in [-0.1, -0.05) is 6.07 Å². The number of likely N-dealkylation sites (tertiary alicyclic amines) is 1. The summed E-state index contributed by atoms with van der Waals surface area (Å²) < 4.78 is 13.6. The van der Waals surface area contributed by atoms with Gasteiger partial charge in [-0.15, -0.1) is 0 Å². The average molecular weight is 251 g/mol. The van der Waals surface area contributed by atoms with Gasteiger partial charge >= 0.3 is 5.97 Å². The lowest BCUT2D eigenvalue weighted by Crippen LogP contribution is -2.30. The predicted molar refractivity (Wildman–Crippen MR) is 62.8 cm³/mol. The molecule has 1 aromatic rings.